The fourth-order valence-corrected chi connectivity index (χ4v) is 2.17. The average Bonchev–Trinajstić information content (AvgIpc) is 2.50. The Kier molecular flexibility index (Phi) is 2.23. The Balaban J connectivity index is 2.92. The largest absolute Gasteiger partial charge is 0.277 e. The molecule has 0 aliphatic carbocycles. The fourth-order valence-electron chi connectivity index (χ4n) is 1.94. The lowest BCUT2D eigenvalue weighted by Gasteiger charge is -2.07. The van der Waals surface area contributed by atoms with Gasteiger partial charge >= 0.3 is 0 Å². The van der Waals surface area contributed by atoms with E-state index < -0.39 is 0 Å². The van der Waals surface area contributed by atoms with E-state index in [0.29, 0.717) is 0 Å². The molecule has 0 aliphatic rings. The van der Waals surface area contributed by atoms with Crippen LogP contribution in [0.4, 0.5) is 0 Å². The van der Waals surface area contributed by atoms with Crippen LogP contribution in [0.25, 0.3) is 10.9 Å². The number of aryl methyl sites for hydroxylation is 2. The zero-order valence-electron chi connectivity index (χ0n) is 8.61. The maximum Gasteiger partial charge on any atom is 0.0672 e. The second kappa shape index (κ2) is 3.28. The highest BCUT2D eigenvalue weighted by Crippen LogP contribution is 2.29. The van der Waals surface area contributed by atoms with Crippen molar-refractivity contribution in [1.29, 1.82) is 0 Å². The molecule has 1 N–H and O–H groups in total. The van der Waals surface area contributed by atoms with Gasteiger partial charge in [-0.2, -0.15) is 5.10 Å². The zero-order chi connectivity index (χ0) is 10.3. The number of benzene rings is 1. The summed E-state index contributed by atoms with van der Waals surface area (Å²) in [4.78, 5) is 0. The number of nitrogens with one attached hydrogen (secondary N) is 1. The van der Waals surface area contributed by atoms with Gasteiger partial charge in [-0.3, -0.25) is 5.10 Å². The molecule has 1 aromatic carbocycles. The Hall–Kier alpha value is -1.02. The number of aromatic amines is 1. The van der Waals surface area contributed by atoms with Gasteiger partial charge in [-0.15, -0.1) is 0 Å². The van der Waals surface area contributed by atoms with E-state index in [0.717, 1.165) is 22.7 Å². The first-order valence-electron chi connectivity index (χ1n) is 4.77. The van der Waals surface area contributed by atoms with E-state index in [2.05, 4.69) is 24.0 Å². The maximum atomic E-state index is 6.13. The predicted octanol–water partition coefficient (Wildman–Crippen LogP) is 3.40. The molecule has 3 heteroatoms. The molecule has 14 heavy (non-hydrogen) atoms. The van der Waals surface area contributed by atoms with Crippen LogP contribution in [0.2, 0.25) is 5.02 Å². The lowest BCUT2D eigenvalue weighted by molar-refractivity contribution is 1.07. The van der Waals surface area contributed by atoms with Crippen molar-refractivity contribution in [3.63, 3.8) is 0 Å². The molecular formula is C11H13ClN2. The van der Waals surface area contributed by atoms with Crippen LogP contribution in [0.1, 0.15) is 23.7 Å². The summed E-state index contributed by atoms with van der Waals surface area (Å²) in [6.07, 6.45) is 0.989. The number of fused-ring (bicyclic) bond motifs is 1. The molecule has 0 unspecified atom stereocenters. The Morgan fingerprint density at radius 2 is 2.14 bits per heavy atom. The van der Waals surface area contributed by atoms with Crippen molar-refractivity contribution in [2.45, 2.75) is 27.2 Å². The predicted molar refractivity (Wildman–Crippen MR) is 60.0 cm³/mol. The maximum absolute atomic E-state index is 6.13. The molecule has 1 aromatic heterocycles. The minimum Gasteiger partial charge on any atom is -0.277 e. The normalized spacial score (nSPS) is 11.1. The van der Waals surface area contributed by atoms with Crippen molar-refractivity contribution in [2.75, 3.05) is 0 Å². The van der Waals surface area contributed by atoms with Gasteiger partial charge in [-0.25, -0.2) is 0 Å². The Labute approximate surface area is 88.3 Å². The van der Waals surface area contributed by atoms with Crippen LogP contribution in [0, 0.1) is 13.8 Å². The summed E-state index contributed by atoms with van der Waals surface area (Å²) in [5.41, 5.74) is 4.57. The molecule has 2 aromatic rings. The highest BCUT2D eigenvalue weighted by atomic mass is 35.5. The van der Waals surface area contributed by atoms with E-state index in [9.17, 15) is 0 Å². The highest BCUT2D eigenvalue weighted by Gasteiger charge is 2.11. The Bertz CT molecular complexity index is 485. The van der Waals surface area contributed by atoms with Crippen LogP contribution in [-0.2, 0) is 6.42 Å². The molecule has 2 nitrogen and oxygen atoms in total. The number of hydrogen-bond acceptors (Lipinski definition) is 1. The summed E-state index contributed by atoms with van der Waals surface area (Å²) in [5.74, 6) is 0. The molecule has 0 amide bonds. The van der Waals surface area contributed by atoms with Crippen molar-refractivity contribution < 1.29 is 0 Å². The average molecular weight is 209 g/mol. The number of aromatic nitrogens is 2. The molecule has 0 saturated carbocycles. The van der Waals surface area contributed by atoms with Gasteiger partial charge in [0.2, 0.25) is 0 Å². The van der Waals surface area contributed by atoms with E-state index in [4.69, 9.17) is 11.6 Å². The van der Waals surface area contributed by atoms with Crippen molar-refractivity contribution in [1.82, 2.24) is 10.2 Å². The van der Waals surface area contributed by atoms with Crippen LogP contribution in [-0.4, -0.2) is 10.2 Å². The lowest BCUT2D eigenvalue weighted by Crippen LogP contribution is -1.90. The van der Waals surface area contributed by atoms with Gasteiger partial charge in [0.1, 0.15) is 0 Å². The fraction of sp³-hybridized carbons (Fsp3) is 0.364. The van der Waals surface area contributed by atoms with Gasteiger partial charge in [-0.05, 0) is 37.5 Å². The smallest absolute Gasteiger partial charge is 0.0672 e. The van der Waals surface area contributed by atoms with E-state index >= 15 is 0 Å². The topological polar surface area (TPSA) is 28.7 Å². The number of H-pyrrole nitrogens is 1. The first-order chi connectivity index (χ1) is 6.65. The molecule has 1 heterocycles. The zero-order valence-corrected chi connectivity index (χ0v) is 9.37. The van der Waals surface area contributed by atoms with Crippen molar-refractivity contribution >= 4 is 22.5 Å². The van der Waals surface area contributed by atoms with Crippen molar-refractivity contribution in [3.8, 4) is 0 Å². The third-order valence-electron chi connectivity index (χ3n) is 2.71. The SMILES string of the molecule is CCc1c(C)c(Cl)cc2[nH]nc(C)c12. The lowest BCUT2D eigenvalue weighted by atomic mass is 10.0. The van der Waals surface area contributed by atoms with E-state index in [1.165, 1.54) is 16.5 Å². The van der Waals surface area contributed by atoms with Gasteiger partial charge in [0.05, 0.1) is 11.2 Å². The van der Waals surface area contributed by atoms with Crippen LogP contribution >= 0.6 is 11.6 Å². The van der Waals surface area contributed by atoms with Crippen LogP contribution in [0.5, 0.6) is 0 Å². The molecule has 0 spiro atoms. The summed E-state index contributed by atoms with van der Waals surface area (Å²) in [6, 6.07) is 1.95. The van der Waals surface area contributed by atoms with Gasteiger partial charge < -0.3 is 0 Å². The van der Waals surface area contributed by atoms with Crippen LogP contribution in [0.3, 0.4) is 0 Å². The molecule has 0 saturated heterocycles. The minimum atomic E-state index is 0.818. The van der Waals surface area contributed by atoms with Crippen LogP contribution < -0.4 is 0 Å². The molecule has 0 aliphatic heterocycles. The Morgan fingerprint density at radius 3 is 2.79 bits per heavy atom. The molecule has 0 radical (unpaired) electrons. The van der Waals surface area contributed by atoms with Crippen molar-refractivity contribution in [2.24, 2.45) is 0 Å². The standard InChI is InChI=1S/C11H13ClN2/c1-4-8-6(2)9(12)5-10-11(8)7(3)13-14-10/h5H,4H2,1-3H3,(H,13,14). The summed E-state index contributed by atoms with van der Waals surface area (Å²) in [5, 5.41) is 9.25. The molecule has 0 fully saturated rings. The molecule has 2 rings (SSSR count). The van der Waals surface area contributed by atoms with Crippen LogP contribution in [0.15, 0.2) is 6.07 Å². The van der Waals surface area contributed by atoms with Gasteiger partial charge in [0.25, 0.3) is 0 Å². The Morgan fingerprint density at radius 1 is 1.43 bits per heavy atom. The van der Waals surface area contributed by atoms with Gasteiger partial charge in [0.15, 0.2) is 0 Å². The summed E-state index contributed by atoms with van der Waals surface area (Å²) >= 11 is 6.13. The monoisotopic (exact) mass is 208 g/mol. The molecular weight excluding hydrogens is 196 g/mol. The van der Waals surface area contributed by atoms with E-state index in [-0.39, 0.29) is 0 Å². The summed E-state index contributed by atoms with van der Waals surface area (Å²) < 4.78 is 0. The third-order valence-corrected chi connectivity index (χ3v) is 3.11. The van der Waals surface area contributed by atoms with Gasteiger partial charge in [0, 0.05) is 10.4 Å². The number of hydrogen-bond donors (Lipinski definition) is 1. The van der Waals surface area contributed by atoms with E-state index in [1.807, 2.05) is 13.0 Å². The first kappa shape index (κ1) is 9.53. The third kappa shape index (κ3) is 1.22. The van der Waals surface area contributed by atoms with E-state index in [1.54, 1.807) is 0 Å². The number of halogens is 1. The second-order valence-electron chi connectivity index (χ2n) is 3.55. The minimum absolute atomic E-state index is 0.818. The quantitative estimate of drug-likeness (QED) is 0.765. The summed E-state index contributed by atoms with van der Waals surface area (Å²) in [7, 11) is 0. The van der Waals surface area contributed by atoms with Crippen molar-refractivity contribution in [3.05, 3.63) is 27.9 Å². The molecule has 0 atom stereocenters. The molecule has 0 bridgehead atoms. The second-order valence-corrected chi connectivity index (χ2v) is 3.95. The van der Waals surface area contributed by atoms with Gasteiger partial charge in [-0.1, -0.05) is 18.5 Å². The highest BCUT2D eigenvalue weighted by molar-refractivity contribution is 6.32. The number of rotatable bonds is 1. The molecule has 74 valence electrons. The summed E-state index contributed by atoms with van der Waals surface area (Å²) in [6.45, 7) is 6.23. The number of nitrogens with zero attached hydrogens (tertiary/aromatic N) is 1. The first-order valence-corrected chi connectivity index (χ1v) is 5.15.